The highest BCUT2D eigenvalue weighted by Crippen LogP contribution is 2.35. The van der Waals surface area contributed by atoms with E-state index in [-0.39, 0.29) is 5.91 Å². The molecule has 1 N–H and O–H groups in total. The highest BCUT2D eigenvalue weighted by molar-refractivity contribution is 9.10. The van der Waals surface area contributed by atoms with Gasteiger partial charge in [-0.25, -0.2) is 0 Å². The van der Waals surface area contributed by atoms with E-state index in [2.05, 4.69) is 21.2 Å². The Morgan fingerprint density at radius 3 is 2.61 bits per heavy atom. The topological polar surface area (TPSA) is 32.3 Å². The van der Waals surface area contributed by atoms with Gasteiger partial charge in [-0.05, 0) is 34.5 Å². The Morgan fingerprint density at radius 1 is 1.33 bits per heavy atom. The third-order valence-electron chi connectivity index (χ3n) is 2.42. The quantitative estimate of drug-likeness (QED) is 0.640. The zero-order chi connectivity index (χ0) is 13.7. The normalized spacial score (nSPS) is 10.3. The molecule has 0 unspecified atom stereocenters. The maximum absolute atomic E-state index is 11.4. The monoisotopic (exact) mass is 352 g/mol. The molecule has 0 saturated heterocycles. The number of hydrogen-bond acceptors (Lipinski definition) is 2. The fraction of sp³-hybridized carbons (Fsp3) is 0.417. The van der Waals surface area contributed by atoms with Gasteiger partial charge in [0, 0.05) is 31.5 Å². The fourth-order valence-corrected chi connectivity index (χ4v) is 2.19. The summed E-state index contributed by atoms with van der Waals surface area (Å²) in [5.74, 6) is 0.122. The van der Waals surface area contributed by atoms with Gasteiger partial charge in [0.25, 0.3) is 0 Å². The van der Waals surface area contributed by atoms with Crippen molar-refractivity contribution in [3.05, 3.63) is 26.7 Å². The first kappa shape index (κ1) is 15.6. The minimum Gasteiger partial charge on any atom is -0.384 e. The second-order valence-corrected chi connectivity index (χ2v) is 5.65. The van der Waals surface area contributed by atoms with Crippen molar-refractivity contribution in [2.24, 2.45) is 0 Å². The number of halogens is 3. The van der Waals surface area contributed by atoms with E-state index in [1.165, 1.54) is 0 Å². The minimum absolute atomic E-state index is 0.122. The minimum atomic E-state index is 0.122. The standard InChI is InChI=1S/C12H15BrCl2N2O/c1-17(2)10(18)4-3-7-16-9-6-5-8(13)11(14)12(9)15/h5-6,16H,3-4,7H2,1-2H3. The molecule has 1 amide bonds. The van der Waals surface area contributed by atoms with Crippen molar-refractivity contribution in [1.29, 1.82) is 0 Å². The molecule has 0 saturated carbocycles. The van der Waals surface area contributed by atoms with Gasteiger partial charge in [-0.2, -0.15) is 0 Å². The number of nitrogens with zero attached hydrogens (tertiary/aromatic N) is 1. The Hall–Kier alpha value is -0.450. The van der Waals surface area contributed by atoms with Crippen molar-refractivity contribution in [2.45, 2.75) is 12.8 Å². The predicted octanol–water partition coefficient (Wildman–Crippen LogP) is 4.04. The van der Waals surface area contributed by atoms with E-state index in [9.17, 15) is 4.79 Å². The van der Waals surface area contributed by atoms with Gasteiger partial charge < -0.3 is 10.2 Å². The van der Waals surface area contributed by atoms with Gasteiger partial charge in [0.1, 0.15) is 0 Å². The Morgan fingerprint density at radius 2 is 2.00 bits per heavy atom. The molecule has 18 heavy (non-hydrogen) atoms. The molecule has 6 heteroatoms. The SMILES string of the molecule is CN(C)C(=O)CCCNc1ccc(Br)c(Cl)c1Cl. The van der Waals surface area contributed by atoms with Crippen LogP contribution in [0.2, 0.25) is 10.0 Å². The van der Waals surface area contributed by atoms with Crippen molar-refractivity contribution in [3.8, 4) is 0 Å². The number of benzene rings is 1. The van der Waals surface area contributed by atoms with Crippen LogP contribution in [0, 0.1) is 0 Å². The first-order valence-corrected chi connectivity index (χ1v) is 7.06. The molecule has 1 rings (SSSR count). The second kappa shape index (κ2) is 7.22. The maximum Gasteiger partial charge on any atom is 0.222 e. The molecule has 100 valence electrons. The first-order valence-electron chi connectivity index (χ1n) is 5.51. The maximum atomic E-state index is 11.4. The number of carbonyl (C=O) groups is 1. The number of nitrogens with one attached hydrogen (secondary N) is 1. The van der Waals surface area contributed by atoms with Gasteiger partial charge in [-0.3, -0.25) is 4.79 Å². The lowest BCUT2D eigenvalue weighted by molar-refractivity contribution is -0.128. The molecule has 1 aromatic carbocycles. The third-order valence-corrected chi connectivity index (χ3v) is 4.19. The van der Waals surface area contributed by atoms with Crippen LogP contribution < -0.4 is 5.32 Å². The number of rotatable bonds is 5. The highest BCUT2D eigenvalue weighted by atomic mass is 79.9. The summed E-state index contributed by atoms with van der Waals surface area (Å²) in [6, 6.07) is 3.69. The molecule has 0 aliphatic carbocycles. The lowest BCUT2D eigenvalue weighted by atomic mass is 10.2. The van der Waals surface area contributed by atoms with Crippen LogP contribution >= 0.6 is 39.1 Å². The number of hydrogen-bond donors (Lipinski definition) is 1. The van der Waals surface area contributed by atoms with Gasteiger partial charge in [0.2, 0.25) is 5.91 Å². The van der Waals surface area contributed by atoms with E-state index in [0.29, 0.717) is 23.0 Å². The van der Waals surface area contributed by atoms with Gasteiger partial charge in [-0.15, -0.1) is 0 Å². The summed E-state index contributed by atoms with van der Waals surface area (Å²) in [5.41, 5.74) is 0.780. The van der Waals surface area contributed by atoms with Crippen molar-refractivity contribution < 1.29 is 4.79 Å². The Balaban J connectivity index is 2.45. The molecule has 0 atom stereocenters. The lowest BCUT2D eigenvalue weighted by Crippen LogP contribution is -2.22. The summed E-state index contributed by atoms with van der Waals surface area (Å²) < 4.78 is 0.766. The molecule has 3 nitrogen and oxygen atoms in total. The van der Waals surface area contributed by atoms with E-state index < -0.39 is 0 Å². The Labute approximate surface area is 126 Å². The van der Waals surface area contributed by atoms with E-state index in [4.69, 9.17) is 23.2 Å². The van der Waals surface area contributed by atoms with Crippen molar-refractivity contribution >= 4 is 50.7 Å². The van der Waals surface area contributed by atoms with Gasteiger partial charge >= 0.3 is 0 Å². The van der Waals surface area contributed by atoms with E-state index in [1.807, 2.05) is 12.1 Å². The van der Waals surface area contributed by atoms with Gasteiger partial charge in [0.05, 0.1) is 15.7 Å². The van der Waals surface area contributed by atoms with Crippen LogP contribution in [0.1, 0.15) is 12.8 Å². The zero-order valence-corrected chi connectivity index (χ0v) is 13.4. The average Bonchev–Trinajstić information content (AvgIpc) is 2.33. The van der Waals surface area contributed by atoms with Crippen LogP contribution in [-0.2, 0) is 4.79 Å². The molecule has 0 aromatic heterocycles. The van der Waals surface area contributed by atoms with Crippen LogP contribution in [0.3, 0.4) is 0 Å². The molecule has 0 aliphatic heterocycles. The molecule has 0 heterocycles. The smallest absolute Gasteiger partial charge is 0.222 e. The summed E-state index contributed by atoms with van der Waals surface area (Å²) >= 11 is 15.4. The van der Waals surface area contributed by atoms with Crippen LogP contribution in [0.25, 0.3) is 0 Å². The van der Waals surface area contributed by atoms with Crippen molar-refractivity contribution in [3.63, 3.8) is 0 Å². The molecule has 0 bridgehead atoms. The van der Waals surface area contributed by atoms with Crippen molar-refractivity contribution in [1.82, 2.24) is 4.90 Å². The molecule has 0 spiro atoms. The summed E-state index contributed by atoms with van der Waals surface area (Å²) in [5, 5.41) is 4.15. The molecular formula is C12H15BrCl2N2O. The van der Waals surface area contributed by atoms with Crippen LogP contribution in [0.15, 0.2) is 16.6 Å². The first-order chi connectivity index (χ1) is 8.43. The van der Waals surface area contributed by atoms with Crippen LogP contribution in [-0.4, -0.2) is 31.4 Å². The molecule has 0 radical (unpaired) electrons. The molecule has 0 fully saturated rings. The van der Waals surface area contributed by atoms with E-state index in [1.54, 1.807) is 19.0 Å². The second-order valence-electron chi connectivity index (χ2n) is 4.04. The van der Waals surface area contributed by atoms with Crippen LogP contribution in [0.4, 0.5) is 5.69 Å². The third kappa shape index (κ3) is 4.34. The molecule has 1 aromatic rings. The Bertz CT molecular complexity index is 438. The average molecular weight is 354 g/mol. The van der Waals surface area contributed by atoms with E-state index in [0.717, 1.165) is 16.6 Å². The summed E-state index contributed by atoms with van der Waals surface area (Å²) in [4.78, 5) is 13.0. The predicted molar refractivity (Wildman–Crippen MR) is 80.6 cm³/mol. The molecule has 0 aliphatic rings. The van der Waals surface area contributed by atoms with E-state index >= 15 is 0 Å². The summed E-state index contributed by atoms with van der Waals surface area (Å²) in [6.45, 7) is 0.678. The Kier molecular flexibility index (Phi) is 6.26. The number of anilines is 1. The number of amides is 1. The van der Waals surface area contributed by atoms with Gasteiger partial charge in [-0.1, -0.05) is 23.2 Å². The fourth-order valence-electron chi connectivity index (χ4n) is 1.35. The largest absolute Gasteiger partial charge is 0.384 e. The van der Waals surface area contributed by atoms with Crippen LogP contribution in [0.5, 0.6) is 0 Å². The van der Waals surface area contributed by atoms with Gasteiger partial charge in [0.15, 0.2) is 0 Å². The summed E-state index contributed by atoms with van der Waals surface area (Å²) in [7, 11) is 3.50. The summed E-state index contributed by atoms with van der Waals surface area (Å²) in [6.07, 6.45) is 1.27. The molecular weight excluding hydrogens is 339 g/mol. The highest BCUT2D eigenvalue weighted by Gasteiger charge is 2.08. The number of carbonyl (C=O) groups excluding carboxylic acids is 1. The van der Waals surface area contributed by atoms with Crippen molar-refractivity contribution in [2.75, 3.05) is 26.0 Å². The zero-order valence-electron chi connectivity index (χ0n) is 10.3. The lowest BCUT2D eigenvalue weighted by Gasteiger charge is -2.12.